The van der Waals surface area contributed by atoms with Crippen molar-refractivity contribution in [3.8, 4) is 5.06 Å². The Kier molecular flexibility index (Phi) is 4.39. The van der Waals surface area contributed by atoms with Crippen molar-refractivity contribution in [2.24, 2.45) is 0 Å². The van der Waals surface area contributed by atoms with Gasteiger partial charge in [-0.25, -0.2) is 0 Å². The van der Waals surface area contributed by atoms with Crippen molar-refractivity contribution in [1.29, 1.82) is 0 Å². The normalized spacial score (nSPS) is 18.6. The van der Waals surface area contributed by atoms with Crippen LogP contribution in [0.2, 0.25) is 0 Å². The molecule has 7 heteroatoms. The van der Waals surface area contributed by atoms with Crippen LogP contribution in [0.3, 0.4) is 0 Å². The van der Waals surface area contributed by atoms with Gasteiger partial charge in [0.05, 0.1) is 13.5 Å². The van der Waals surface area contributed by atoms with Gasteiger partial charge in [0.15, 0.2) is 5.06 Å². The highest BCUT2D eigenvalue weighted by Gasteiger charge is 2.28. The van der Waals surface area contributed by atoms with Gasteiger partial charge in [0.25, 0.3) is 0 Å². The van der Waals surface area contributed by atoms with Crippen LogP contribution in [0.15, 0.2) is 5.38 Å². The van der Waals surface area contributed by atoms with Crippen LogP contribution < -0.4 is 15.4 Å². The number of carbonyl (C=O) groups excluding carboxylic acids is 3. The summed E-state index contributed by atoms with van der Waals surface area (Å²) in [6, 6.07) is -0.634. The van der Waals surface area contributed by atoms with E-state index < -0.39 is 11.9 Å². The molecule has 1 fully saturated rings. The monoisotopic (exact) mass is 296 g/mol. The van der Waals surface area contributed by atoms with E-state index >= 15 is 0 Å². The lowest BCUT2D eigenvalue weighted by molar-refractivity contribution is -0.137. The number of imide groups is 1. The van der Waals surface area contributed by atoms with Crippen LogP contribution in [0.25, 0.3) is 0 Å². The molecule has 20 heavy (non-hydrogen) atoms. The molecule has 1 aliphatic rings. The standard InChI is InChI=1S/C13H16N2O4S/c1-7-6-20-13(19-2)8(7)5-11(17)14-9-3-4-10(16)15-12(9)18/h6,9H,3-5H2,1-2H3,(H,14,17)(H,15,16,18). The average Bonchev–Trinajstić information content (AvgIpc) is 2.74. The molecule has 0 aliphatic carbocycles. The zero-order chi connectivity index (χ0) is 14.7. The lowest BCUT2D eigenvalue weighted by Gasteiger charge is -2.21. The van der Waals surface area contributed by atoms with Gasteiger partial charge in [0.1, 0.15) is 6.04 Å². The first-order chi connectivity index (χ1) is 9.51. The van der Waals surface area contributed by atoms with Crippen molar-refractivity contribution in [3.63, 3.8) is 0 Å². The molecule has 2 N–H and O–H groups in total. The van der Waals surface area contributed by atoms with E-state index in [-0.39, 0.29) is 24.7 Å². The molecule has 3 amide bonds. The van der Waals surface area contributed by atoms with E-state index in [0.717, 1.165) is 11.1 Å². The maximum absolute atomic E-state index is 12.0. The van der Waals surface area contributed by atoms with Crippen LogP contribution in [0.4, 0.5) is 0 Å². The fraction of sp³-hybridized carbons (Fsp3) is 0.462. The lowest BCUT2D eigenvalue weighted by Crippen LogP contribution is -2.52. The van der Waals surface area contributed by atoms with Gasteiger partial charge < -0.3 is 10.1 Å². The number of amides is 3. The molecule has 1 aromatic heterocycles. The van der Waals surface area contributed by atoms with Gasteiger partial charge >= 0.3 is 0 Å². The van der Waals surface area contributed by atoms with Crippen molar-refractivity contribution < 1.29 is 19.1 Å². The van der Waals surface area contributed by atoms with Gasteiger partial charge in [-0.1, -0.05) is 0 Å². The SMILES string of the molecule is COc1scc(C)c1CC(=O)NC1CCC(=O)NC1=O. The molecule has 1 aromatic rings. The maximum Gasteiger partial charge on any atom is 0.249 e. The highest BCUT2D eigenvalue weighted by Crippen LogP contribution is 2.30. The molecule has 108 valence electrons. The molecule has 1 aliphatic heterocycles. The summed E-state index contributed by atoms with van der Waals surface area (Å²) >= 11 is 1.44. The number of methoxy groups -OCH3 is 1. The number of nitrogens with one attached hydrogen (secondary N) is 2. The van der Waals surface area contributed by atoms with Crippen LogP contribution in [0, 0.1) is 6.92 Å². The summed E-state index contributed by atoms with van der Waals surface area (Å²) in [4.78, 5) is 34.6. The first kappa shape index (κ1) is 14.5. The van der Waals surface area contributed by atoms with Crippen LogP contribution in [0.5, 0.6) is 5.06 Å². The van der Waals surface area contributed by atoms with Gasteiger partial charge in [-0.05, 0) is 24.3 Å². The summed E-state index contributed by atoms with van der Waals surface area (Å²) in [6.07, 6.45) is 0.754. The summed E-state index contributed by atoms with van der Waals surface area (Å²) in [5, 5.41) is 7.50. The summed E-state index contributed by atoms with van der Waals surface area (Å²) in [6.45, 7) is 1.91. The van der Waals surface area contributed by atoms with Crippen LogP contribution in [-0.4, -0.2) is 30.9 Å². The molecule has 0 aromatic carbocycles. The van der Waals surface area contributed by atoms with Crippen molar-refractivity contribution in [1.82, 2.24) is 10.6 Å². The first-order valence-corrected chi connectivity index (χ1v) is 7.13. The van der Waals surface area contributed by atoms with E-state index in [0.29, 0.717) is 11.5 Å². The van der Waals surface area contributed by atoms with Crippen molar-refractivity contribution in [2.75, 3.05) is 7.11 Å². The van der Waals surface area contributed by atoms with E-state index in [1.54, 1.807) is 7.11 Å². The zero-order valence-electron chi connectivity index (χ0n) is 11.3. The molecule has 0 spiro atoms. The third kappa shape index (κ3) is 3.16. The summed E-state index contributed by atoms with van der Waals surface area (Å²) in [5.41, 5.74) is 1.83. The number of carbonyl (C=O) groups is 3. The summed E-state index contributed by atoms with van der Waals surface area (Å²) < 4.78 is 5.21. The first-order valence-electron chi connectivity index (χ1n) is 6.25. The molecule has 1 saturated heterocycles. The zero-order valence-corrected chi connectivity index (χ0v) is 12.1. The molecular formula is C13H16N2O4S. The van der Waals surface area contributed by atoms with Gasteiger partial charge in [-0.3, -0.25) is 19.7 Å². The Morgan fingerprint density at radius 1 is 1.55 bits per heavy atom. The fourth-order valence-electron chi connectivity index (χ4n) is 2.07. The molecule has 6 nitrogen and oxygen atoms in total. The third-order valence-electron chi connectivity index (χ3n) is 3.16. The van der Waals surface area contributed by atoms with E-state index in [4.69, 9.17) is 4.74 Å². The molecule has 0 radical (unpaired) electrons. The van der Waals surface area contributed by atoms with Crippen molar-refractivity contribution in [3.05, 3.63) is 16.5 Å². The Morgan fingerprint density at radius 2 is 2.30 bits per heavy atom. The number of hydrogen-bond acceptors (Lipinski definition) is 5. The van der Waals surface area contributed by atoms with Crippen molar-refractivity contribution >= 4 is 29.1 Å². The number of rotatable bonds is 4. The summed E-state index contributed by atoms with van der Waals surface area (Å²) in [7, 11) is 1.56. The fourth-order valence-corrected chi connectivity index (χ4v) is 2.96. The van der Waals surface area contributed by atoms with Gasteiger partial charge in [0, 0.05) is 12.0 Å². The number of hydrogen-bond donors (Lipinski definition) is 2. The minimum absolute atomic E-state index is 0.163. The highest BCUT2D eigenvalue weighted by molar-refractivity contribution is 7.12. The number of aryl methyl sites for hydroxylation is 1. The minimum Gasteiger partial charge on any atom is -0.487 e. The molecule has 2 heterocycles. The van der Waals surface area contributed by atoms with Gasteiger partial charge in [-0.2, -0.15) is 0 Å². The minimum atomic E-state index is -0.634. The van der Waals surface area contributed by atoms with Crippen molar-refractivity contribution in [2.45, 2.75) is 32.2 Å². The van der Waals surface area contributed by atoms with Crippen LogP contribution in [-0.2, 0) is 20.8 Å². The highest BCUT2D eigenvalue weighted by atomic mass is 32.1. The largest absolute Gasteiger partial charge is 0.487 e. The summed E-state index contributed by atoms with van der Waals surface area (Å²) in [5.74, 6) is -0.987. The van der Waals surface area contributed by atoms with E-state index in [1.165, 1.54) is 11.3 Å². The lowest BCUT2D eigenvalue weighted by atomic mass is 10.1. The van der Waals surface area contributed by atoms with Crippen LogP contribution in [0.1, 0.15) is 24.0 Å². The predicted octanol–water partition coefficient (Wildman–Crippen LogP) is 0.529. The van der Waals surface area contributed by atoms with Gasteiger partial charge in [-0.15, -0.1) is 11.3 Å². The Morgan fingerprint density at radius 3 is 2.95 bits per heavy atom. The Balaban J connectivity index is 1.97. The van der Waals surface area contributed by atoms with Gasteiger partial charge in [0.2, 0.25) is 17.7 Å². The quantitative estimate of drug-likeness (QED) is 0.794. The molecule has 1 atom stereocenters. The van der Waals surface area contributed by atoms with E-state index in [2.05, 4.69) is 10.6 Å². The number of piperidine rings is 1. The second kappa shape index (κ2) is 6.04. The third-order valence-corrected chi connectivity index (χ3v) is 4.26. The number of ether oxygens (including phenoxy) is 1. The predicted molar refractivity (Wildman–Crippen MR) is 73.6 cm³/mol. The molecule has 2 rings (SSSR count). The topological polar surface area (TPSA) is 84.5 Å². The van der Waals surface area contributed by atoms with E-state index in [1.807, 2.05) is 12.3 Å². The Hall–Kier alpha value is -1.89. The smallest absolute Gasteiger partial charge is 0.249 e. The molecule has 1 unspecified atom stereocenters. The molecule has 0 bridgehead atoms. The second-order valence-electron chi connectivity index (χ2n) is 4.64. The number of thiophene rings is 1. The second-order valence-corrected chi connectivity index (χ2v) is 5.48. The Labute approximate surface area is 120 Å². The van der Waals surface area contributed by atoms with Crippen LogP contribution >= 0.6 is 11.3 Å². The molecule has 0 saturated carbocycles. The molecular weight excluding hydrogens is 280 g/mol. The average molecular weight is 296 g/mol. The maximum atomic E-state index is 12.0. The Bertz CT molecular complexity index is 553. The van der Waals surface area contributed by atoms with E-state index in [9.17, 15) is 14.4 Å².